The second-order valence-corrected chi connectivity index (χ2v) is 9.61. The molecule has 1 amide bonds. The van der Waals surface area contributed by atoms with Gasteiger partial charge in [0.2, 0.25) is 5.91 Å². The number of piperazine rings is 1. The summed E-state index contributed by atoms with van der Waals surface area (Å²) in [6.07, 6.45) is 5.16. The van der Waals surface area contributed by atoms with E-state index < -0.39 is 41.5 Å². The fourth-order valence-electron chi connectivity index (χ4n) is 5.06. The predicted molar refractivity (Wildman–Crippen MR) is 137 cm³/mol. The second-order valence-electron chi connectivity index (χ2n) is 9.61. The number of anilines is 1. The maximum absolute atomic E-state index is 15.1. The number of nitrogens with one attached hydrogen (secondary N) is 2. The van der Waals surface area contributed by atoms with Gasteiger partial charge < -0.3 is 20.6 Å². The Hall–Kier alpha value is -2.92. The number of carboxylic acids is 1. The Morgan fingerprint density at radius 1 is 1.19 bits per heavy atom. The SMILES string of the molecule is CC(C)n1c(=O)n(CC(=O)N2CCNCC2C(=O)O)c(=O)c2cc(F)c(NC3CCCCC3)cc21.Cl. The highest BCUT2D eigenvalue weighted by Crippen LogP contribution is 2.26. The topological polar surface area (TPSA) is 126 Å². The van der Waals surface area contributed by atoms with Crippen molar-refractivity contribution in [2.75, 3.05) is 25.0 Å². The molecule has 10 nitrogen and oxygen atoms in total. The molecule has 1 aliphatic heterocycles. The monoisotopic (exact) mass is 525 g/mol. The number of hydrogen-bond acceptors (Lipinski definition) is 6. The van der Waals surface area contributed by atoms with Crippen molar-refractivity contribution < 1.29 is 19.1 Å². The van der Waals surface area contributed by atoms with E-state index in [9.17, 15) is 24.3 Å². The molecule has 1 atom stereocenters. The van der Waals surface area contributed by atoms with Gasteiger partial charge in [-0.2, -0.15) is 0 Å². The molecule has 3 N–H and O–H groups in total. The number of carbonyl (C=O) groups is 2. The molecule has 1 saturated carbocycles. The van der Waals surface area contributed by atoms with Crippen LogP contribution in [0.3, 0.4) is 0 Å². The lowest BCUT2D eigenvalue weighted by Gasteiger charge is -2.33. The minimum absolute atomic E-state index is 0. The fourth-order valence-corrected chi connectivity index (χ4v) is 5.06. The smallest absolute Gasteiger partial charge is 0.332 e. The van der Waals surface area contributed by atoms with Crippen molar-refractivity contribution in [1.29, 1.82) is 0 Å². The minimum atomic E-state index is -1.17. The number of nitrogens with zero attached hydrogens (tertiary/aromatic N) is 3. The van der Waals surface area contributed by atoms with Gasteiger partial charge in [-0.15, -0.1) is 12.4 Å². The number of fused-ring (bicyclic) bond motifs is 1. The van der Waals surface area contributed by atoms with E-state index in [2.05, 4.69) is 10.6 Å². The Bertz CT molecular complexity index is 1250. The number of aromatic nitrogens is 2. The first-order valence-corrected chi connectivity index (χ1v) is 12.2. The number of carboxylic acid groups (broad SMARTS) is 1. The van der Waals surface area contributed by atoms with Crippen LogP contribution in [0.5, 0.6) is 0 Å². The Balaban J connectivity index is 0.00000361. The van der Waals surface area contributed by atoms with Crippen LogP contribution in [-0.2, 0) is 16.1 Å². The number of aliphatic carboxylic acids is 1. The minimum Gasteiger partial charge on any atom is -0.480 e. The van der Waals surface area contributed by atoms with E-state index in [1.54, 1.807) is 13.8 Å². The van der Waals surface area contributed by atoms with Crippen molar-refractivity contribution in [3.63, 3.8) is 0 Å². The number of carbonyl (C=O) groups excluding carboxylic acids is 1. The molecule has 1 aromatic heterocycles. The molecule has 2 aliphatic rings. The summed E-state index contributed by atoms with van der Waals surface area (Å²) in [7, 11) is 0. The number of rotatable bonds is 6. The highest BCUT2D eigenvalue weighted by Gasteiger charge is 2.32. The number of amides is 1. The average Bonchev–Trinajstić information content (AvgIpc) is 2.83. The molecule has 36 heavy (non-hydrogen) atoms. The van der Waals surface area contributed by atoms with Crippen molar-refractivity contribution in [2.45, 2.75) is 70.6 Å². The Kier molecular flexibility index (Phi) is 8.78. The highest BCUT2D eigenvalue weighted by molar-refractivity contribution is 5.86. The zero-order chi connectivity index (χ0) is 25.3. The van der Waals surface area contributed by atoms with Crippen molar-refractivity contribution in [2.24, 2.45) is 0 Å². The number of benzene rings is 1. The molecule has 2 fully saturated rings. The van der Waals surface area contributed by atoms with Crippen molar-refractivity contribution in [1.82, 2.24) is 19.4 Å². The molecule has 0 spiro atoms. The molecule has 1 aromatic carbocycles. The molecular weight excluding hydrogens is 493 g/mol. The Labute approximate surface area is 213 Å². The van der Waals surface area contributed by atoms with Crippen LogP contribution in [0.25, 0.3) is 10.9 Å². The predicted octanol–water partition coefficient (Wildman–Crippen LogP) is 1.93. The van der Waals surface area contributed by atoms with Gasteiger partial charge in [0.25, 0.3) is 5.56 Å². The third kappa shape index (κ3) is 5.41. The van der Waals surface area contributed by atoms with Gasteiger partial charge in [-0.25, -0.2) is 14.0 Å². The van der Waals surface area contributed by atoms with Crippen molar-refractivity contribution >= 4 is 40.9 Å². The third-order valence-electron chi connectivity index (χ3n) is 6.88. The van der Waals surface area contributed by atoms with Crippen LogP contribution in [0, 0.1) is 5.82 Å². The van der Waals surface area contributed by atoms with E-state index in [1.165, 1.54) is 10.6 Å². The molecule has 4 rings (SSSR count). The summed E-state index contributed by atoms with van der Waals surface area (Å²) < 4.78 is 17.2. The van der Waals surface area contributed by atoms with Gasteiger partial charge in [-0.05, 0) is 38.8 Å². The molecule has 1 saturated heterocycles. The van der Waals surface area contributed by atoms with E-state index in [0.717, 1.165) is 47.6 Å². The maximum atomic E-state index is 15.1. The van der Waals surface area contributed by atoms with Crippen LogP contribution < -0.4 is 21.9 Å². The van der Waals surface area contributed by atoms with Crippen LogP contribution in [0.2, 0.25) is 0 Å². The highest BCUT2D eigenvalue weighted by atomic mass is 35.5. The van der Waals surface area contributed by atoms with Gasteiger partial charge in [0.1, 0.15) is 18.4 Å². The first-order valence-electron chi connectivity index (χ1n) is 12.2. The van der Waals surface area contributed by atoms with Gasteiger partial charge in [-0.1, -0.05) is 19.3 Å². The Morgan fingerprint density at radius 3 is 2.53 bits per heavy atom. The molecule has 1 unspecified atom stereocenters. The van der Waals surface area contributed by atoms with E-state index in [-0.39, 0.29) is 48.7 Å². The number of hydrogen-bond donors (Lipinski definition) is 3. The van der Waals surface area contributed by atoms with Crippen LogP contribution >= 0.6 is 12.4 Å². The lowest BCUT2D eigenvalue weighted by molar-refractivity contribution is -0.151. The normalized spacial score (nSPS) is 18.8. The summed E-state index contributed by atoms with van der Waals surface area (Å²) in [6, 6.07) is 1.29. The number of halogens is 2. The van der Waals surface area contributed by atoms with E-state index in [0.29, 0.717) is 12.1 Å². The molecule has 1 aliphatic carbocycles. The van der Waals surface area contributed by atoms with Crippen LogP contribution in [0.15, 0.2) is 21.7 Å². The van der Waals surface area contributed by atoms with E-state index >= 15 is 4.39 Å². The molecule has 0 bridgehead atoms. The second kappa shape index (κ2) is 11.4. The van der Waals surface area contributed by atoms with Crippen molar-refractivity contribution in [3.8, 4) is 0 Å². The first kappa shape index (κ1) is 27.7. The van der Waals surface area contributed by atoms with Gasteiger partial charge in [0.05, 0.1) is 16.6 Å². The molecule has 0 radical (unpaired) electrons. The molecule has 2 aromatic rings. The quantitative estimate of drug-likeness (QED) is 0.526. The maximum Gasteiger partial charge on any atom is 0.332 e. The van der Waals surface area contributed by atoms with Gasteiger partial charge in [-0.3, -0.25) is 18.7 Å². The molecular formula is C24H33ClFN5O5. The third-order valence-corrected chi connectivity index (χ3v) is 6.88. The fraction of sp³-hybridized carbons (Fsp3) is 0.583. The van der Waals surface area contributed by atoms with E-state index in [4.69, 9.17) is 0 Å². The van der Waals surface area contributed by atoms with Gasteiger partial charge in [0, 0.05) is 31.7 Å². The summed E-state index contributed by atoms with van der Waals surface area (Å²) in [5.41, 5.74) is -0.927. The van der Waals surface area contributed by atoms with E-state index in [1.807, 2.05) is 0 Å². The zero-order valence-electron chi connectivity index (χ0n) is 20.5. The van der Waals surface area contributed by atoms with Crippen molar-refractivity contribution in [3.05, 3.63) is 38.8 Å². The van der Waals surface area contributed by atoms with Gasteiger partial charge in [0.15, 0.2) is 0 Å². The first-order chi connectivity index (χ1) is 16.7. The summed E-state index contributed by atoms with van der Waals surface area (Å²) in [6.45, 7) is 3.54. The van der Waals surface area contributed by atoms with Crippen LogP contribution in [0.1, 0.15) is 52.0 Å². The standard InChI is InChI=1S/C24H32FN5O5.ClH/c1-14(2)30-19-11-18(27-15-6-4-3-5-7-15)17(25)10-16(19)22(32)29(24(30)35)13-21(31)28-9-8-26-12-20(28)23(33)34;/h10-11,14-15,20,26-27H,3-9,12-13H2,1-2H3,(H,33,34);1H. The lowest BCUT2D eigenvalue weighted by Crippen LogP contribution is -2.58. The van der Waals surface area contributed by atoms with Gasteiger partial charge >= 0.3 is 11.7 Å². The summed E-state index contributed by atoms with van der Waals surface area (Å²) in [5.74, 6) is -2.42. The Morgan fingerprint density at radius 2 is 1.89 bits per heavy atom. The lowest BCUT2D eigenvalue weighted by atomic mass is 9.95. The molecule has 2 heterocycles. The summed E-state index contributed by atoms with van der Waals surface area (Å²) in [4.78, 5) is 52.4. The summed E-state index contributed by atoms with van der Waals surface area (Å²) in [5, 5.41) is 15.6. The molecule has 198 valence electrons. The molecule has 12 heteroatoms. The largest absolute Gasteiger partial charge is 0.480 e. The van der Waals surface area contributed by atoms with Crippen LogP contribution in [0.4, 0.5) is 10.1 Å². The zero-order valence-corrected chi connectivity index (χ0v) is 21.3. The average molecular weight is 526 g/mol. The summed E-state index contributed by atoms with van der Waals surface area (Å²) >= 11 is 0. The van der Waals surface area contributed by atoms with Crippen LogP contribution in [-0.4, -0.2) is 62.7 Å².